The van der Waals surface area contributed by atoms with Crippen LogP contribution in [0.5, 0.6) is 0 Å². The van der Waals surface area contributed by atoms with Crippen LogP contribution in [-0.2, 0) is 0 Å². The number of benzene rings is 1. The van der Waals surface area contributed by atoms with Gasteiger partial charge in [0.1, 0.15) is 6.54 Å². The Balaban J connectivity index is 0.000000245. The zero-order valence-corrected chi connectivity index (χ0v) is 60.8. The molecule has 12 nitrogen and oxygen atoms in total. The number of rotatable bonds is 26. The van der Waals surface area contributed by atoms with Crippen molar-refractivity contribution in [1.82, 2.24) is 45.2 Å². The summed E-state index contributed by atoms with van der Waals surface area (Å²) in [7, 11) is 6.36. The topological polar surface area (TPSA) is 65.9 Å². The van der Waals surface area contributed by atoms with Crippen LogP contribution in [-0.4, -0.2) is 184 Å². The van der Waals surface area contributed by atoms with E-state index in [1.54, 1.807) is 4.90 Å². The van der Waals surface area contributed by atoms with Crippen LogP contribution < -0.4 is 55.0 Å². The largest absolute Gasteiger partial charge is 1.00 e. The van der Waals surface area contributed by atoms with E-state index in [1.807, 2.05) is 45.5 Å². The Morgan fingerprint density at radius 1 is 0.933 bits per heavy atom. The van der Waals surface area contributed by atoms with Crippen molar-refractivity contribution in [2.24, 2.45) is 22.7 Å². The number of alkyl halides is 3. The molecule has 6 aliphatic heterocycles. The SMILES string of the molecule is C#CCCC(C)(C)CC1c2cc(N(CCC)CCC)ccc2N(CC(F)(F)F)C1c1cc(N2CCN(C3CC3)CC2)cnc1[CH-]C.C=C(NC(C)C(=C)N1CCCCN1)C(C(C)C)N1CCCC2(CN(C)C2)C1.C=CC1C(C2CC2)N1CC(=C)N(C)C.CC.[Na+]. The smallest absolute Gasteiger partial charge is 0.380 e. The Labute approximate surface area is 568 Å². The molecule has 7 fully saturated rings. The van der Waals surface area contributed by atoms with Crippen LogP contribution in [0.1, 0.15) is 181 Å². The first-order valence-electron chi connectivity index (χ1n) is 34.7. The average Bonchev–Trinajstić information content (AvgIpc) is 1.72. The molecule has 7 atom stereocenters. The quantitative estimate of drug-likeness (QED) is 0.0310. The summed E-state index contributed by atoms with van der Waals surface area (Å²) in [5.74, 6) is 4.13. The van der Waals surface area contributed by atoms with Gasteiger partial charge >= 0.3 is 35.7 Å². The van der Waals surface area contributed by atoms with E-state index in [1.165, 1.54) is 83.2 Å². The summed E-state index contributed by atoms with van der Waals surface area (Å²) < 4.78 is 43.4. The van der Waals surface area contributed by atoms with Crippen molar-refractivity contribution in [3.05, 3.63) is 103 Å². The molecule has 10 rings (SSSR count). The van der Waals surface area contributed by atoms with E-state index in [2.05, 4.69) is 170 Å². The van der Waals surface area contributed by atoms with Gasteiger partial charge in [0.05, 0.1) is 12.1 Å². The Bertz CT molecular complexity index is 2630. The van der Waals surface area contributed by atoms with Gasteiger partial charge in [-0.2, -0.15) is 13.2 Å². The summed E-state index contributed by atoms with van der Waals surface area (Å²) in [5, 5.41) is 5.92. The Morgan fingerprint density at radius 2 is 1.61 bits per heavy atom. The summed E-state index contributed by atoms with van der Waals surface area (Å²) in [5.41, 5.74) is 12.7. The van der Waals surface area contributed by atoms with Gasteiger partial charge in [-0.3, -0.25) is 19.7 Å². The van der Waals surface area contributed by atoms with Gasteiger partial charge in [0, 0.05) is 163 Å². The molecule has 16 heteroatoms. The van der Waals surface area contributed by atoms with Crippen molar-refractivity contribution < 1.29 is 42.7 Å². The van der Waals surface area contributed by atoms with E-state index in [0.29, 0.717) is 35.5 Å². The third-order valence-electron chi connectivity index (χ3n) is 20.1. The molecular weight excluding hydrogens is 1140 g/mol. The fraction of sp³-hybridized carbons (Fsp3) is 0.703. The molecule has 1 spiro atoms. The minimum atomic E-state index is -4.36. The second-order valence-corrected chi connectivity index (χ2v) is 28.6. The zero-order chi connectivity index (χ0) is 65.0. The number of hydrogen-bond donors (Lipinski definition) is 2. The Kier molecular flexibility index (Phi) is 28.4. The van der Waals surface area contributed by atoms with Crippen molar-refractivity contribution in [2.45, 2.75) is 201 Å². The van der Waals surface area contributed by atoms with Crippen LogP contribution in [0.4, 0.5) is 30.2 Å². The molecule has 2 saturated carbocycles. The first kappa shape index (κ1) is 75.2. The predicted molar refractivity (Wildman–Crippen MR) is 370 cm³/mol. The summed E-state index contributed by atoms with van der Waals surface area (Å²) in [4.78, 5) is 23.6. The number of pyridine rings is 1. The van der Waals surface area contributed by atoms with Gasteiger partial charge in [-0.1, -0.05) is 86.9 Å². The normalized spacial score (nSPS) is 23.8. The van der Waals surface area contributed by atoms with E-state index in [-0.39, 0.29) is 46.9 Å². The third-order valence-corrected chi connectivity index (χ3v) is 20.1. The minimum absolute atomic E-state index is 0. The van der Waals surface area contributed by atoms with Gasteiger partial charge in [-0.15, -0.1) is 37.5 Å². The van der Waals surface area contributed by atoms with Gasteiger partial charge in [-0.05, 0) is 151 Å². The van der Waals surface area contributed by atoms with E-state index in [9.17, 15) is 13.2 Å². The summed E-state index contributed by atoms with van der Waals surface area (Å²) in [6.45, 7) is 51.0. The molecule has 90 heavy (non-hydrogen) atoms. The predicted octanol–water partition coefficient (Wildman–Crippen LogP) is 11.0. The van der Waals surface area contributed by atoms with Crippen molar-refractivity contribution in [3.63, 3.8) is 0 Å². The molecule has 7 unspecified atom stereocenters. The number of fused-ring (bicyclic) bond motifs is 1. The number of anilines is 3. The molecule has 2 N–H and O–H groups in total. The fourth-order valence-corrected chi connectivity index (χ4v) is 15.4. The van der Waals surface area contributed by atoms with Crippen LogP contribution >= 0.6 is 0 Å². The average molecular weight is 1260 g/mol. The van der Waals surface area contributed by atoms with Crippen LogP contribution in [0.2, 0.25) is 0 Å². The number of piperidine rings is 1. The summed E-state index contributed by atoms with van der Waals surface area (Å²) in [6.07, 6.45) is 22.1. The van der Waals surface area contributed by atoms with Crippen molar-refractivity contribution in [2.75, 3.05) is 127 Å². The van der Waals surface area contributed by atoms with E-state index < -0.39 is 18.8 Å². The second kappa shape index (κ2) is 34.0. The molecule has 2 aliphatic carbocycles. The van der Waals surface area contributed by atoms with Gasteiger partial charge < -0.3 is 34.8 Å². The zero-order valence-electron chi connectivity index (χ0n) is 58.8. The number of nitrogens with zero attached hydrogens (tertiary/aromatic N) is 10. The number of hydrogen-bond acceptors (Lipinski definition) is 12. The molecule has 0 bridgehead atoms. The standard InChI is InChI=1S/C38H53F3N5.C22H41N5.C12H20N2.C2H6.Na/c1-7-11-16-37(5,6)25-33-31-23-29(43(17-8-2)18-9-3)14-15-35(31)46(27-38(39,40)41)36(33)32-24-30(26-42-34(32)10-4)45-21-19-44(20-22-45)28-12-13-28;1-17(2)21(26-12-9-10-22(16-26)14-25(6)15-22)19(4)24-18(3)20(5)27-13-8-7-11-23-27;1-5-11-12(10-6-7-10)14(11)8-9(2)13(3)4;1-2;/h1,10,14-15,23-24,26,28,33,36H,8-9,11-13,16-22,25,27H2,2-6H3;17-18,21,23-24H,4-5,7-16H2,1-3,6H3;5,10-12H,1-2,6-8H2,3-4H3;1-2H3;/q-1;;;;+1. The van der Waals surface area contributed by atoms with Crippen molar-refractivity contribution >= 4 is 17.1 Å². The maximum Gasteiger partial charge on any atom is 1.00 e. The number of hydrazine groups is 1. The summed E-state index contributed by atoms with van der Waals surface area (Å²) >= 11 is 0. The first-order valence-corrected chi connectivity index (χ1v) is 34.7. The molecule has 8 aliphatic rings. The number of likely N-dealkylation sites (N-methyl/N-ethyl adjacent to an activating group) is 1. The maximum absolute atomic E-state index is 14.5. The molecule has 498 valence electrons. The number of nitrogens with one attached hydrogen (secondary N) is 2. The summed E-state index contributed by atoms with van der Waals surface area (Å²) in [6, 6.07) is 10.5. The number of aromatic nitrogens is 1. The maximum atomic E-state index is 14.5. The van der Waals surface area contributed by atoms with Gasteiger partial charge in [-0.25, -0.2) is 11.8 Å². The van der Waals surface area contributed by atoms with Crippen LogP contribution in [0.15, 0.2) is 79.9 Å². The number of halogens is 3. The first-order chi connectivity index (χ1) is 42.4. The fourth-order valence-electron chi connectivity index (χ4n) is 15.4. The number of likely N-dealkylation sites (tertiary alicyclic amines) is 2. The Hall–Kier alpha value is -3.85. The Morgan fingerprint density at radius 3 is 2.16 bits per heavy atom. The molecule has 7 heterocycles. The second-order valence-electron chi connectivity index (χ2n) is 28.6. The molecule has 0 amide bonds. The number of piperazine rings is 1. The van der Waals surface area contributed by atoms with Gasteiger partial charge in [0.2, 0.25) is 0 Å². The molecular formula is C74H120F3N12Na. The van der Waals surface area contributed by atoms with E-state index >= 15 is 0 Å². The van der Waals surface area contributed by atoms with E-state index in [4.69, 9.17) is 11.4 Å². The van der Waals surface area contributed by atoms with Crippen LogP contribution in [0.3, 0.4) is 0 Å². The third kappa shape index (κ3) is 19.9. The molecule has 1 aromatic heterocycles. The van der Waals surface area contributed by atoms with Crippen LogP contribution in [0.25, 0.3) is 0 Å². The van der Waals surface area contributed by atoms with Gasteiger partial charge in [0.25, 0.3) is 0 Å². The monoisotopic (exact) mass is 1260 g/mol. The van der Waals surface area contributed by atoms with E-state index in [0.717, 1.165) is 142 Å². The molecule has 0 radical (unpaired) electrons. The van der Waals surface area contributed by atoms with Crippen molar-refractivity contribution in [3.8, 4) is 12.3 Å². The van der Waals surface area contributed by atoms with Crippen molar-refractivity contribution in [1.29, 1.82) is 0 Å². The molecule has 1 aromatic carbocycles. The number of terminal acetylenes is 1. The molecule has 5 saturated heterocycles. The minimum Gasteiger partial charge on any atom is -0.380 e. The van der Waals surface area contributed by atoms with Gasteiger partial charge in [0.15, 0.2) is 0 Å². The van der Waals surface area contributed by atoms with Crippen LogP contribution in [0, 0.1) is 41.4 Å². The molecule has 2 aromatic rings.